The maximum Gasteiger partial charge on any atom is 0.194 e. The predicted octanol–water partition coefficient (Wildman–Crippen LogP) is 4.72. The average Bonchev–Trinajstić information content (AvgIpc) is 2.46. The van der Waals surface area contributed by atoms with Crippen molar-refractivity contribution in [1.29, 1.82) is 0 Å². The first-order valence-corrected chi connectivity index (χ1v) is 7.51. The van der Waals surface area contributed by atoms with Crippen LogP contribution in [0.25, 0.3) is 0 Å². The molecule has 1 aliphatic rings. The van der Waals surface area contributed by atoms with Gasteiger partial charge >= 0.3 is 0 Å². The van der Waals surface area contributed by atoms with Gasteiger partial charge in [0.15, 0.2) is 17.5 Å². The Morgan fingerprint density at radius 1 is 1.10 bits per heavy atom. The van der Waals surface area contributed by atoms with Crippen LogP contribution in [0, 0.1) is 23.4 Å². The summed E-state index contributed by atoms with van der Waals surface area (Å²) in [5, 5.41) is 3.37. The smallest absolute Gasteiger partial charge is 0.194 e. The zero-order valence-corrected chi connectivity index (χ0v) is 11.9. The Morgan fingerprint density at radius 3 is 2.25 bits per heavy atom. The van der Waals surface area contributed by atoms with Crippen LogP contribution in [0.15, 0.2) is 12.1 Å². The maximum absolute atomic E-state index is 13.4. The molecule has 1 aromatic rings. The maximum atomic E-state index is 13.4. The van der Waals surface area contributed by atoms with Gasteiger partial charge in [-0.3, -0.25) is 0 Å². The third kappa shape index (κ3) is 3.54. The van der Waals surface area contributed by atoms with Gasteiger partial charge in [-0.2, -0.15) is 0 Å². The minimum absolute atomic E-state index is 0.0835. The lowest BCUT2D eigenvalue weighted by Gasteiger charge is -2.31. The van der Waals surface area contributed by atoms with E-state index in [1.54, 1.807) is 0 Å². The molecule has 1 aromatic carbocycles. The van der Waals surface area contributed by atoms with E-state index in [9.17, 15) is 13.2 Å². The topological polar surface area (TPSA) is 12.0 Å². The molecule has 1 aliphatic carbocycles. The van der Waals surface area contributed by atoms with Gasteiger partial charge in [-0.1, -0.05) is 26.2 Å². The van der Waals surface area contributed by atoms with E-state index in [1.165, 1.54) is 6.42 Å². The van der Waals surface area contributed by atoms with Crippen molar-refractivity contribution in [3.05, 3.63) is 35.1 Å². The molecule has 4 heteroatoms. The highest BCUT2D eigenvalue weighted by molar-refractivity contribution is 5.23. The second-order valence-corrected chi connectivity index (χ2v) is 5.63. The fourth-order valence-electron chi connectivity index (χ4n) is 3.08. The molecular weight excluding hydrogens is 263 g/mol. The highest BCUT2D eigenvalue weighted by Gasteiger charge is 2.26. The minimum Gasteiger partial charge on any atom is -0.310 e. The molecule has 0 bridgehead atoms. The fraction of sp³-hybridized carbons (Fsp3) is 0.625. The zero-order chi connectivity index (χ0) is 14.5. The van der Waals surface area contributed by atoms with E-state index in [-0.39, 0.29) is 6.04 Å². The summed E-state index contributed by atoms with van der Waals surface area (Å²) >= 11 is 0. The fourth-order valence-corrected chi connectivity index (χ4v) is 3.08. The molecule has 0 radical (unpaired) electrons. The summed E-state index contributed by atoms with van der Waals surface area (Å²) in [4.78, 5) is 0. The number of benzene rings is 1. The SMILES string of the molecule is CCCNC(c1cc(F)c(F)c(F)c1)C1CCCCC1. The van der Waals surface area contributed by atoms with Crippen molar-refractivity contribution in [2.24, 2.45) is 5.92 Å². The Balaban J connectivity index is 2.25. The highest BCUT2D eigenvalue weighted by atomic mass is 19.2. The third-order valence-corrected chi connectivity index (χ3v) is 4.10. The third-order valence-electron chi connectivity index (χ3n) is 4.10. The standard InChI is InChI=1S/C16H22F3N/c1-2-8-20-16(11-6-4-3-5-7-11)12-9-13(17)15(19)14(18)10-12/h9-11,16,20H,2-8H2,1H3. The van der Waals surface area contributed by atoms with E-state index in [1.807, 2.05) is 0 Å². The van der Waals surface area contributed by atoms with Gasteiger partial charge < -0.3 is 5.32 Å². The van der Waals surface area contributed by atoms with Gasteiger partial charge in [0.05, 0.1) is 0 Å². The Morgan fingerprint density at radius 2 is 1.70 bits per heavy atom. The summed E-state index contributed by atoms with van der Waals surface area (Å²) in [7, 11) is 0. The van der Waals surface area contributed by atoms with Crippen molar-refractivity contribution < 1.29 is 13.2 Å². The molecule has 1 unspecified atom stereocenters. The van der Waals surface area contributed by atoms with Crippen LogP contribution in [0.3, 0.4) is 0 Å². The van der Waals surface area contributed by atoms with Crippen molar-refractivity contribution in [2.75, 3.05) is 6.54 Å². The lowest BCUT2D eigenvalue weighted by molar-refractivity contribution is 0.270. The van der Waals surface area contributed by atoms with Crippen molar-refractivity contribution in [2.45, 2.75) is 51.5 Å². The Labute approximate surface area is 118 Å². The van der Waals surface area contributed by atoms with Gasteiger partial charge in [0, 0.05) is 6.04 Å². The molecular formula is C16H22F3N. The first-order valence-electron chi connectivity index (χ1n) is 7.51. The van der Waals surface area contributed by atoms with Gasteiger partial charge in [-0.05, 0) is 49.4 Å². The molecule has 20 heavy (non-hydrogen) atoms. The molecule has 112 valence electrons. The van der Waals surface area contributed by atoms with Crippen molar-refractivity contribution in [1.82, 2.24) is 5.32 Å². The molecule has 1 saturated carbocycles. The largest absolute Gasteiger partial charge is 0.310 e. The van der Waals surface area contributed by atoms with Crippen LogP contribution in [0.4, 0.5) is 13.2 Å². The number of halogens is 3. The summed E-state index contributed by atoms with van der Waals surface area (Å²) < 4.78 is 40.0. The van der Waals surface area contributed by atoms with Crippen LogP contribution in [0.1, 0.15) is 57.1 Å². The molecule has 0 heterocycles. The first kappa shape index (κ1) is 15.4. The van der Waals surface area contributed by atoms with E-state index in [0.29, 0.717) is 11.5 Å². The van der Waals surface area contributed by atoms with Crippen molar-refractivity contribution >= 4 is 0 Å². The summed E-state index contributed by atoms with van der Waals surface area (Å²) in [5.41, 5.74) is 0.529. The molecule has 1 atom stereocenters. The first-order chi connectivity index (χ1) is 9.63. The van der Waals surface area contributed by atoms with Crippen LogP contribution in [0.5, 0.6) is 0 Å². The Kier molecular flexibility index (Phi) is 5.46. The second kappa shape index (κ2) is 7.11. The van der Waals surface area contributed by atoms with E-state index in [4.69, 9.17) is 0 Å². The monoisotopic (exact) mass is 285 g/mol. The van der Waals surface area contributed by atoms with E-state index >= 15 is 0 Å². The van der Waals surface area contributed by atoms with Gasteiger partial charge in [-0.25, -0.2) is 13.2 Å². The van der Waals surface area contributed by atoms with Crippen LogP contribution < -0.4 is 5.32 Å². The Hall–Kier alpha value is -1.03. The highest BCUT2D eigenvalue weighted by Crippen LogP contribution is 2.35. The number of hydrogen-bond donors (Lipinski definition) is 1. The number of nitrogens with one attached hydrogen (secondary N) is 1. The second-order valence-electron chi connectivity index (χ2n) is 5.63. The molecule has 0 aliphatic heterocycles. The molecule has 1 fully saturated rings. The lowest BCUT2D eigenvalue weighted by Crippen LogP contribution is -2.30. The number of rotatable bonds is 5. The molecule has 0 spiro atoms. The van der Waals surface area contributed by atoms with Crippen LogP contribution >= 0.6 is 0 Å². The van der Waals surface area contributed by atoms with Crippen LogP contribution in [-0.2, 0) is 0 Å². The summed E-state index contributed by atoms with van der Waals surface area (Å²) in [6.45, 7) is 2.85. The van der Waals surface area contributed by atoms with Crippen molar-refractivity contribution in [3.63, 3.8) is 0 Å². The normalized spacial score (nSPS) is 18.2. The summed E-state index contributed by atoms with van der Waals surface area (Å²) in [6, 6.07) is 2.19. The minimum atomic E-state index is -1.38. The van der Waals surface area contributed by atoms with Gasteiger partial charge in [0.1, 0.15) is 0 Å². The Bertz CT molecular complexity index is 418. The zero-order valence-electron chi connectivity index (χ0n) is 11.9. The van der Waals surface area contributed by atoms with Gasteiger partial charge in [-0.15, -0.1) is 0 Å². The van der Waals surface area contributed by atoms with E-state index in [0.717, 1.165) is 50.8 Å². The molecule has 1 nitrogen and oxygen atoms in total. The van der Waals surface area contributed by atoms with E-state index < -0.39 is 17.5 Å². The quantitative estimate of drug-likeness (QED) is 0.771. The van der Waals surface area contributed by atoms with Gasteiger partial charge in [0.25, 0.3) is 0 Å². The van der Waals surface area contributed by atoms with Crippen LogP contribution in [-0.4, -0.2) is 6.54 Å². The summed E-state index contributed by atoms with van der Waals surface area (Å²) in [6.07, 6.45) is 6.60. The molecule has 0 saturated heterocycles. The predicted molar refractivity (Wildman–Crippen MR) is 73.9 cm³/mol. The molecule has 0 amide bonds. The molecule has 0 aromatic heterocycles. The average molecular weight is 285 g/mol. The molecule has 1 N–H and O–H groups in total. The van der Waals surface area contributed by atoms with E-state index in [2.05, 4.69) is 12.2 Å². The van der Waals surface area contributed by atoms with Gasteiger partial charge in [0.2, 0.25) is 0 Å². The lowest BCUT2D eigenvalue weighted by atomic mass is 9.81. The molecule has 2 rings (SSSR count). The van der Waals surface area contributed by atoms with Crippen LogP contribution in [0.2, 0.25) is 0 Å². The van der Waals surface area contributed by atoms with Crippen molar-refractivity contribution in [3.8, 4) is 0 Å². The number of hydrogen-bond acceptors (Lipinski definition) is 1. The summed E-state index contributed by atoms with van der Waals surface area (Å²) in [5.74, 6) is -3.20.